The lowest BCUT2D eigenvalue weighted by atomic mass is 10.1. The van der Waals surface area contributed by atoms with E-state index in [9.17, 15) is 25.0 Å². The maximum Gasteiger partial charge on any atom is 0.410 e. The molecule has 0 aliphatic heterocycles. The molecule has 1 amide bonds. The highest BCUT2D eigenvalue weighted by Gasteiger charge is 2.23. The molecule has 0 saturated carbocycles. The van der Waals surface area contributed by atoms with E-state index in [2.05, 4.69) is 6.58 Å². The number of non-ortho nitro benzene ring substituents is 2. The first-order valence-corrected chi connectivity index (χ1v) is 7.05. The summed E-state index contributed by atoms with van der Waals surface area (Å²) in [5, 5.41) is 21.8. The van der Waals surface area contributed by atoms with E-state index in [1.54, 1.807) is 20.8 Å². The summed E-state index contributed by atoms with van der Waals surface area (Å²) in [4.78, 5) is 33.8. The van der Waals surface area contributed by atoms with Crippen LogP contribution in [0, 0.1) is 20.2 Å². The van der Waals surface area contributed by atoms with Crippen molar-refractivity contribution in [3.63, 3.8) is 0 Å². The number of hydrogen-bond donors (Lipinski definition) is 0. The minimum Gasteiger partial charge on any atom is -0.444 e. The molecule has 0 fully saturated rings. The molecule has 0 saturated heterocycles. The van der Waals surface area contributed by atoms with Crippen LogP contribution in [-0.4, -0.2) is 33.0 Å². The highest BCUT2D eigenvalue weighted by molar-refractivity contribution is 5.68. The lowest BCUT2D eigenvalue weighted by molar-refractivity contribution is -0.394. The molecule has 9 nitrogen and oxygen atoms in total. The molecular weight excluding hydrogens is 318 g/mol. The predicted molar refractivity (Wildman–Crippen MR) is 86.6 cm³/mol. The van der Waals surface area contributed by atoms with Gasteiger partial charge in [-0.3, -0.25) is 20.2 Å². The third-order valence-corrected chi connectivity index (χ3v) is 2.76. The third kappa shape index (κ3) is 5.67. The number of nitro groups is 2. The van der Waals surface area contributed by atoms with E-state index >= 15 is 0 Å². The molecule has 0 aliphatic carbocycles. The number of hydrogen-bond acceptors (Lipinski definition) is 6. The Morgan fingerprint density at radius 3 is 2.08 bits per heavy atom. The Bertz CT molecular complexity index is 633. The van der Waals surface area contributed by atoms with Gasteiger partial charge in [-0.05, 0) is 26.3 Å². The average Bonchev–Trinajstić information content (AvgIpc) is 2.44. The van der Waals surface area contributed by atoms with Crippen LogP contribution in [0.15, 0.2) is 30.9 Å². The van der Waals surface area contributed by atoms with Crippen molar-refractivity contribution >= 4 is 17.5 Å². The van der Waals surface area contributed by atoms with Crippen molar-refractivity contribution in [2.75, 3.05) is 6.54 Å². The second-order valence-corrected chi connectivity index (χ2v) is 6.02. The summed E-state index contributed by atoms with van der Waals surface area (Å²) in [6, 6.07) is 3.25. The molecule has 0 bridgehead atoms. The van der Waals surface area contributed by atoms with Crippen molar-refractivity contribution in [1.29, 1.82) is 0 Å². The van der Waals surface area contributed by atoms with Crippen molar-refractivity contribution in [3.8, 4) is 0 Å². The largest absolute Gasteiger partial charge is 0.444 e. The second kappa shape index (κ2) is 7.53. The van der Waals surface area contributed by atoms with Crippen LogP contribution in [-0.2, 0) is 11.3 Å². The fourth-order valence-electron chi connectivity index (χ4n) is 1.86. The molecule has 0 N–H and O–H groups in total. The monoisotopic (exact) mass is 337 g/mol. The Morgan fingerprint density at radius 2 is 1.71 bits per heavy atom. The van der Waals surface area contributed by atoms with Crippen LogP contribution in [0.3, 0.4) is 0 Å². The lowest BCUT2D eigenvalue weighted by Crippen LogP contribution is -2.36. The zero-order valence-corrected chi connectivity index (χ0v) is 13.7. The minimum absolute atomic E-state index is 0.0799. The van der Waals surface area contributed by atoms with Crippen molar-refractivity contribution in [2.24, 2.45) is 0 Å². The molecule has 0 atom stereocenters. The number of nitrogens with zero attached hydrogens (tertiary/aromatic N) is 3. The van der Waals surface area contributed by atoms with Gasteiger partial charge in [0.2, 0.25) is 0 Å². The van der Waals surface area contributed by atoms with E-state index in [4.69, 9.17) is 4.74 Å². The quantitative estimate of drug-likeness (QED) is 0.446. The third-order valence-electron chi connectivity index (χ3n) is 2.76. The van der Waals surface area contributed by atoms with E-state index in [1.807, 2.05) is 0 Å². The number of ether oxygens (including phenoxy) is 1. The molecule has 1 aromatic carbocycles. The van der Waals surface area contributed by atoms with Crippen molar-refractivity contribution < 1.29 is 19.4 Å². The van der Waals surface area contributed by atoms with Gasteiger partial charge in [-0.2, -0.15) is 0 Å². The van der Waals surface area contributed by atoms with Gasteiger partial charge in [-0.25, -0.2) is 4.79 Å². The summed E-state index contributed by atoms with van der Waals surface area (Å²) in [5.74, 6) is 0. The van der Waals surface area contributed by atoms with E-state index in [-0.39, 0.29) is 18.7 Å². The zero-order chi connectivity index (χ0) is 18.5. The number of carbonyl (C=O) groups is 1. The molecule has 1 rings (SSSR count). The molecule has 0 aromatic heterocycles. The van der Waals surface area contributed by atoms with Crippen molar-refractivity contribution in [2.45, 2.75) is 32.9 Å². The highest BCUT2D eigenvalue weighted by atomic mass is 16.6. The highest BCUT2D eigenvalue weighted by Crippen LogP contribution is 2.24. The molecular formula is C15H19N3O6. The van der Waals surface area contributed by atoms with E-state index in [0.29, 0.717) is 0 Å². The SMILES string of the molecule is C=CCN(Cc1cc([N+](=O)[O-])cc([N+](=O)[O-])c1)C(=O)OC(C)(C)C. The summed E-state index contributed by atoms with van der Waals surface area (Å²) in [6.07, 6.45) is 0.826. The number of benzene rings is 1. The van der Waals surface area contributed by atoms with Gasteiger partial charge in [0.25, 0.3) is 11.4 Å². The van der Waals surface area contributed by atoms with Gasteiger partial charge in [0, 0.05) is 25.2 Å². The Labute approximate surface area is 138 Å². The van der Waals surface area contributed by atoms with E-state index < -0.39 is 32.9 Å². The molecule has 0 heterocycles. The molecule has 0 spiro atoms. The lowest BCUT2D eigenvalue weighted by Gasteiger charge is -2.26. The number of amides is 1. The number of nitro benzene ring substituents is 2. The Hall–Kier alpha value is -2.97. The normalized spacial score (nSPS) is 10.8. The predicted octanol–water partition coefficient (Wildman–Crippen LogP) is 3.43. The summed E-state index contributed by atoms with van der Waals surface area (Å²) in [6.45, 7) is 8.71. The minimum atomic E-state index is -0.720. The molecule has 0 aliphatic rings. The maximum atomic E-state index is 12.2. The van der Waals surface area contributed by atoms with Gasteiger partial charge in [-0.15, -0.1) is 6.58 Å². The number of carbonyl (C=O) groups excluding carboxylic acids is 1. The first-order chi connectivity index (χ1) is 11.0. The van der Waals surface area contributed by atoms with Gasteiger partial charge in [0.1, 0.15) is 5.60 Å². The molecule has 0 radical (unpaired) electrons. The molecule has 130 valence electrons. The van der Waals surface area contributed by atoms with Gasteiger partial charge in [0.15, 0.2) is 0 Å². The van der Waals surface area contributed by atoms with E-state index in [0.717, 1.165) is 6.07 Å². The summed E-state index contributed by atoms with van der Waals surface area (Å²) < 4.78 is 5.25. The summed E-state index contributed by atoms with van der Waals surface area (Å²) >= 11 is 0. The second-order valence-electron chi connectivity index (χ2n) is 6.02. The first-order valence-electron chi connectivity index (χ1n) is 7.05. The van der Waals surface area contributed by atoms with Crippen LogP contribution in [0.5, 0.6) is 0 Å². The molecule has 1 aromatic rings. The average molecular weight is 337 g/mol. The maximum absolute atomic E-state index is 12.2. The van der Waals surface area contributed by atoms with Crippen LogP contribution in [0.1, 0.15) is 26.3 Å². The first kappa shape index (κ1) is 19.1. The van der Waals surface area contributed by atoms with Crippen molar-refractivity contribution in [3.05, 3.63) is 56.6 Å². The van der Waals surface area contributed by atoms with Gasteiger partial charge in [0.05, 0.1) is 15.9 Å². The van der Waals surface area contributed by atoms with Crippen LogP contribution < -0.4 is 0 Å². The molecule has 9 heteroatoms. The van der Waals surface area contributed by atoms with Gasteiger partial charge in [-0.1, -0.05) is 6.08 Å². The fourth-order valence-corrected chi connectivity index (χ4v) is 1.86. The van der Waals surface area contributed by atoms with Crippen LogP contribution in [0.2, 0.25) is 0 Å². The summed E-state index contributed by atoms with van der Waals surface area (Å²) in [7, 11) is 0. The topological polar surface area (TPSA) is 116 Å². The standard InChI is InChI=1S/C15H19N3O6/c1-5-6-16(14(19)24-15(2,3)4)10-11-7-12(17(20)21)9-13(8-11)18(22)23/h5,7-9H,1,6,10H2,2-4H3. The van der Waals surface area contributed by atoms with Gasteiger partial charge < -0.3 is 9.64 Å². The van der Waals surface area contributed by atoms with Crippen LogP contribution in [0.25, 0.3) is 0 Å². The summed E-state index contributed by atoms with van der Waals surface area (Å²) in [5.41, 5.74) is -1.29. The van der Waals surface area contributed by atoms with Gasteiger partial charge >= 0.3 is 6.09 Å². The van der Waals surface area contributed by atoms with E-state index in [1.165, 1.54) is 23.1 Å². The van der Waals surface area contributed by atoms with Crippen LogP contribution >= 0.6 is 0 Å². The Kier molecular flexibility index (Phi) is 5.99. The smallest absolute Gasteiger partial charge is 0.410 e. The zero-order valence-electron chi connectivity index (χ0n) is 13.7. The van der Waals surface area contributed by atoms with Crippen LogP contribution in [0.4, 0.5) is 16.2 Å². The molecule has 0 unspecified atom stereocenters. The van der Waals surface area contributed by atoms with Crippen molar-refractivity contribution in [1.82, 2.24) is 4.90 Å². The Balaban J connectivity index is 3.13. The number of rotatable bonds is 6. The molecule has 24 heavy (non-hydrogen) atoms. The Morgan fingerprint density at radius 1 is 1.21 bits per heavy atom. The fraction of sp³-hybridized carbons (Fsp3) is 0.400.